The van der Waals surface area contributed by atoms with Crippen LogP contribution in [-0.2, 0) is 42.3 Å². The fourth-order valence-electron chi connectivity index (χ4n) is 5.30. The van der Waals surface area contributed by atoms with Gasteiger partial charge < -0.3 is 5.32 Å². The zero-order valence-electron chi connectivity index (χ0n) is 19.7. The first-order valence-electron chi connectivity index (χ1n) is 12.1. The van der Waals surface area contributed by atoms with E-state index in [4.69, 9.17) is 0 Å². The molecule has 0 aliphatic heterocycles. The highest BCUT2D eigenvalue weighted by atomic mass is 32.2. The average Bonchev–Trinajstić information content (AvgIpc) is 3.42. The number of carbonyl (C=O) groups excluding carboxylic acids is 1. The number of urea groups is 1. The molecule has 2 aliphatic rings. The lowest BCUT2D eigenvalue weighted by Gasteiger charge is -2.24. The molecule has 4 rings (SSSR count). The standard InChI is InChI=1S/C26H35N3O3S/c1-3-29(17-20-9-5-4-6-10-20)16-19(2)18-33(31,32)28-26(30)27-25-23-13-7-11-21(23)15-22-12-8-14-24(22)25/h4-6,9-10,15,19H,3,7-8,11-14,16-18H2,1-2H3,(H2,27,28,30). The maximum Gasteiger partial charge on any atom is 0.332 e. The minimum Gasteiger partial charge on any atom is -0.307 e. The van der Waals surface area contributed by atoms with E-state index in [0.29, 0.717) is 6.54 Å². The Hall–Kier alpha value is -2.38. The maximum atomic E-state index is 12.7. The van der Waals surface area contributed by atoms with Gasteiger partial charge in [0, 0.05) is 18.8 Å². The number of benzene rings is 2. The lowest BCUT2D eigenvalue weighted by Crippen LogP contribution is -2.39. The molecule has 0 bridgehead atoms. The van der Waals surface area contributed by atoms with E-state index in [9.17, 15) is 13.2 Å². The molecule has 0 fully saturated rings. The molecule has 0 aromatic heterocycles. The summed E-state index contributed by atoms with van der Waals surface area (Å²) >= 11 is 0. The second kappa shape index (κ2) is 10.3. The van der Waals surface area contributed by atoms with E-state index in [1.807, 2.05) is 25.1 Å². The molecule has 1 unspecified atom stereocenters. The second-order valence-corrected chi connectivity index (χ2v) is 11.3. The highest BCUT2D eigenvalue weighted by Gasteiger charge is 2.26. The van der Waals surface area contributed by atoms with Gasteiger partial charge in [0.15, 0.2) is 0 Å². The second-order valence-electron chi connectivity index (χ2n) is 9.49. The molecule has 0 saturated heterocycles. The third-order valence-corrected chi connectivity index (χ3v) is 8.23. The molecular weight excluding hydrogens is 434 g/mol. The summed E-state index contributed by atoms with van der Waals surface area (Å²) in [4.78, 5) is 14.9. The third kappa shape index (κ3) is 5.95. The summed E-state index contributed by atoms with van der Waals surface area (Å²) in [6, 6.07) is 11.8. The average molecular weight is 470 g/mol. The van der Waals surface area contributed by atoms with Crippen molar-refractivity contribution in [2.75, 3.05) is 24.2 Å². The van der Waals surface area contributed by atoms with Crippen molar-refractivity contribution in [3.8, 4) is 0 Å². The Bertz CT molecular complexity index is 1070. The molecule has 178 valence electrons. The van der Waals surface area contributed by atoms with Gasteiger partial charge in [-0.15, -0.1) is 0 Å². The number of nitrogens with zero attached hydrogens (tertiary/aromatic N) is 1. The first-order valence-corrected chi connectivity index (χ1v) is 13.7. The highest BCUT2D eigenvalue weighted by molar-refractivity contribution is 7.90. The van der Waals surface area contributed by atoms with E-state index < -0.39 is 16.1 Å². The van der Waals surface area contributed by atoms with Crippen molar-refractivity contribution in [2.24, 2.45) is 5.92 Å². The molecule has 0 saturated carbocycles. The Morgan fingerprint density at radius 2 is 1.67 bits per heavy atom. The molecule has 0 spiro atoms. The summed E-state index contributed by atoms with van der Waals surface area (Å²) in [7, 11) is -3.74. The van der Waals surface area contributed by atoms with Gasteiger partial charge >= 0.3 is 6.03 Å². The number of rotatable bonds is 9. The van der Waals surface area contributed by atoms with E-state index in [1.165, 1.54) is 27.8 Å². The Kier molecular flexibility index (Phi) is 7.39. The maximum absolute atomic E-state index is 12.7. The molecule has 2 N–H and O–H groups in total. The van der Waals surface area contributed by atoms with E-state index in [0.717, 1.165) is 57.3 Å². The van der Waals surface area contributed by atoms with Gasteiger partial charge in [0.1, 0.15) is 0 Å². The van der Waals surface area contributed by atoms with Crippen LogP contribution in [0.1, 0.15) is 54.5 Å². The molecular formula is C26H35N3O3S. The number of nitrogens with one attached hydrogen (secondary N) is 2. The number of anilines is 1. The molecule has 2 amide bonds. The molecule has 33 heavy (non-hydrogen) atoms. The molecule has 6 nitrogen and oxygen atoms in total. The van der Waals surface area contributed by atoms with Crippen molar-refractivity contribution >= 4 is 21.7 Å². The zero-order chi connectivity index (χ0) is 23.4. The number of amides is 2. The van der Waals surface area contributed by atoms with Gasteiger partial charge in [0.05, 0.1) is 5.75 Å². The number of hydrogen-bond donors (Lipinski definition) is 2. The van der Waals surface area contributed by atoms with Crippen LogP contribution in [0.15, 0.2) is 36.4 Å². The summed E-state index contributed by atoms with van der Waals surface area (Å²) in [5, 5.41) is 2.92. The quantitative estimate of drug-likeness (QED) is 0.575. The Morgan fingerprint density at radius 3 is 2.27 bits per heavy atom. The predicted octanol–water partition coefficient (Wildman–Crippen LogP) is 4.27. The zero-order valence-corrected chi connectivity index (χ0v) is 20.5. The van der Waals surface area contributed by atoms with E-state index in [2.05, 4.69) is 40.1 Å². The van der Waals surface area contributed by atoms with Crippen LogP contribution in [0.25, 0.3) is 0 Å². The summed E-state index contributed by atoms with van der Waals surface area (Å²) < 4.78 is 27.8. The van der Waals surface area contributed by atoms with Gasteiger partial charge in [0.2, 0.25) is 10.0 Å². The summed E-state index contributed by atoms with van der Waals surface area (Å²) in [5.41, 5.74) is 7.06. The molecule has 7 heteroatoms. The number of sulfonamides is 1. The third-order valence-electron chi connectivity index (χ3n) is 6.73. The molecule has 2 aromatic rings. The Balaban J connectivity index is 1.36. The first kappa shape index (κ1) is 23.8. The van der Waals surface area contributed by atoms with Gasteiger partial charge in [-0.05, 0) is 78.8 Å². The molecule has 2 aliphatic carbocycles. The van der Waals surface area contributed by atoms with Crippen molar-refractivity contribution in [1.29, 1.82) is 0 Å². The van der Waals surface area contributed by atoms with Gasteiger partial charge in [-0.3, -0.25) is 4.90 Å². The van der Waals surface area contributed by atoms with Gasteiger partial charge in [0.25, 0.3) is 0 Å². The summed E-state index contributed by atoms with van der Waals surface area (Å²) in [6.45, 7) is 6.25. The monoisotopic (exact) mass is 469 g/mol. The number of aryl methyl sites for hydroxylation is 2. The van der Waals surface area contributed by atoms with Crippen molar-refractivity contribution in [2.45, 2.75) is 58.9 Å². The molecule has 0 heterocycles. The smallest absolute Gasteiger partial charge is 0.307 e. The van der Waals surface area contributed by atoms with Crippen LogP contribution in [-0.4, -0.2) is 38.2 Å². The van der Waals surface area contributed by atoms with Crippen LogP contribution in [0, 0.1) is 5.92 Å². The fraction of sp³-hybridized carbons (Fsp3) is 0.500. The summed E-state index contributed by atoms with van der Waals surface area (Å²) in [5.74, 6) is -0.194. The molecule has 0 radical (unpaired) electrons. The molecule has 2 aromatic carbocycles. The number of hydrogen-bond acceptors (Lipinski definition) is 4. The van der Waals surface area contributed by atoms with Crippen LogP contribution in [0.5, 0.6) is 0 Å². The number of fused-ring (bicyclic) bond motifs is 2. The van der Waals surface area contributed by atoms with Crippen LogP contribution in [0.2, 0.25) is 0 Å². The lowest BCUT2D eigenvalue weighted by atomic mass is 9.99. The van der Waals surface area contributed by atoms with Crippen molar-refractivity contribution in [1.82, 2.24) is 9.62 Å². The Labute approximate surface area is 197 Å². The van der Waals surface area contributed by atoms with Gasteiger partial charge in [-0.25, -0.2) is 17.9 Å². The van der Waals surface area contributed by atoms with Crippen LogP contribution >= 0.6 is 0 Å². The van der Waals surface area contributed by atoms with E-state index >= 15 is 0 Å². The minimum absolute atomic E-state index is 0.0866. The summed E-state index contributed by atoms with van der Waals surface area (Å²) in [6.07, 6.45) is 6.12. The SMILES string of the molecule is CCN(Cc1ccccc1)CC(C)CS(=O)(=O)NC(=O)Nc1c2c(cc3c1CCC3)CCC2. The van der Waals surface area contributed by atoms with Crippen LogP contribution in [0.4, 0.5) is 10.5 Å². The number of carbonyl (C=O) groups is 1. The topological polar surface area (TPSA) is 78.5 Å². The first-order chi connectivity index (χ1) is 15.8. The van der Waals surface area contributed by atoms with Gasteiger partial charge in [-0.2, -0.15) is 0 Å². The fourth-order valence-corrected chi connectivity index (χ4v) is 6.58. The largest absolute Gasteiger partial charge is 0.332 e. The van der Waals surface area contributed by atoms with Crippen molar-refractivity contribution in [3.05, 3.63) is 64.2 Å². The lowest BCUT2D eigenvalue weighted by molar-refractivity contribution is 0.248. The van der Waals surface area contributed by atoms with Crippen molar-refractivity contribution in [3.63, 3.8) is 0 Å². The van der Waals surface area contributed by atoms with Crippen LogP contribution in [0.3, 0.4) is 0 Å². The van der Waals surface area contributed by atoms with Gasteiger partial charge in [-0.1, -0.05) is 50.2 Å². The predicted molar refractivity (Wildman–Crippen MR) is 133 cm³/mol. The highest BCUT2D eigenvalue weighted by Crippen LogP contribution is 2.38. The van der Waals surface area contributed by atoms with Crippen molar-refractivity contribution < 1.29 is 13.2 Å². The molecule has 1 atom stereocenters. The van der Waals surface area contributed by atoms with E-state index in [1.54, 1.807) is 0 Å². The van der Waals surface area contributed by atoms with E-state index in [-0.39, 0.29) is 11.7 Å². The van der Waals surface area contributed by atoms with Crippen LogP contribution < -0.4 is 10.0 Å². The normalized spacial score (nSPS) is 15.8. The Morgan fingerprint density at radius 1 is 1.03 bits per heavy atom. The minimum atomic E-state index is -3.74.